The van der Waals surface area contributed by atoms with Crippen LogP contribution >= 0.6 is 12.4 Å². The molecular formula is C12H10ClF4N3. The molecule has 0 aliphatic rings. The SMILES string of the molecule is Cl.NCc1cc(F)nc(-c2ccc(C(F)(F)F)nc2)c1. The van der Waals surface area contributed by atoms with Crippen molar-refractivity contribution in [2.24, 2.45) is 5.73 Å². The van der Waals surface area contributed by atoms with Gasteiger partial charge in [-0.3, -0.25) is 4.98 Å². The van der Waals surface area contributed by atoms with Gasteiger partial charge in [-0.25, -0.2) is 4.98 Å². The van der Waals surface area contributed by atoms with Gasteiger partial charge >= 0.3 is 6.18 Å². The van der Waals surface area contributed by atoms with Crippen molar-refractivity contribution in [3.8, 4) is 11.3 Å². The highest BCUT2D eigenvalue weighted by Crippen LogP contribution is 2.28. The van der Waals surface area contributed by atoms with Crippen molar-refractivity contribution in [1.29, 1.82) is 0 Å². The van der Waals surface area contributed by atoms with E-state index in [4.69, 9.17) is 5.73 Å². The summed E-state index contributed by atoms with van der Waals surface area (Å²) in [6, 6.07) is 4.69. The summed E-state index contributed by atoms with van der Waals surface area (Å²) in [6.45, 7) is 0.112. The van der Waals surface area contributed by atoms with Gasteiger partial charge in [0, 0.05) is 18.3 Å². The van der Waals surface area contributed by atoms with E-state index in [1.54, 1.807) is 0 Å². The fourth-order valence-electron chi connectivity index (χ4n) is 1.53. The van der Waals surface area contributed by atoms with Crippen LogP contribution in [0.2, 0.25) is 0 Å². The second-order valence-electron chi connectivity index (χ2n) is 3.82. The normalized spacial score (nSPS) is 11.1. The first-order chi connectivity index (χ1) is 8.90. The topological polar surface area (TPSA) is 51.8 Å². The van der Waals surface area contributed by atoms with Crippen LogP contribution in [-0.4, -0.2) is 9.97 Å². The van der Waals surface area contributed by atoms with Gasteiger partial charge in [0.25, 0.3) is 0 Å². The summed E-state index contributed by atoms with van der Waals surface area (Å²) in [5, 5.41) is 0. The third-order valence-corrected chi connectivity index (χ3v) is 2.44. The zero-order valence-electron chi connectivity index (χ0n) is 9.99. The van der Waals surface area contributed by atoms with Crippen LogP contribution in [-0.2, 0) is 12.7 Å². The monoisotopic (exact) mass is 307 g/mol. The maximum Gasteiger partial charge on any atom is 0.433 e. The molecule has 0 aromatic carbocycles. The summed E-state index contributed by atoms with van der Waals surface area (Å²) in [6.07, 6.45) is -3.50. The number of alkyl halides is 3. The van der Waals surface area contributed by atoms with Gasteiger partial charge in [0.05, 0.1) is 5.69 Å². The Labute approximate surface area is 118 Å². The first-order valence-electron chi connectivity index (χ1n) is 5.30. The lowest BCUT2D eigenvalue weighted by Gasteiger charge is -2.07. The number of aromatic nitrogens is 2. The average molecular weight is 308 g/mol. The molecule has 0 radical (unpaired) electrons. The molecule has 20 heavy (non-hydrogen) atoms. The predicted octanol–water partition coefficient (Wildman–Crippen LogP) is 3.18. The molecule has 0 spiro atoms. The van der Waals surface area contributed by atoms with Crippen LogP contribution in [0.15, 0.2) is 30.5 Å². The Balaban J connectivity index is 0.00000200. The molecule has 0 fully saturated rings. The number of hydrogen-bond donors (Lipinski definition) is 1. The van der Waals surface area contributed by atoms with E-state index in [0.29, 0.717) is 11.1 Å². The van der Waals surface area contributed by atoms with E-state index >= 15 is 0 Å². The average Bonchev–Trinajstić information content (AvgIpc) is 2.37. The van der Waals surface area contributed by atoms with Crippen molar-refractivity contribution in [2.45, 2.75) is 12.7 Å². The van der Waals surface area contributed by atoms with Crippen LogP contribution in [0.25, 0.3) is 11.3 Å². The molecular weight excluding hydrogens is 298 g/mol. The van der Waals surface area contributed by atoms with E-state index in [-0.39, 0.29) is 24.6 Å². The Hall–Kier alpha value is -1.73. The summed E-state index contributed by atoms with van der Waals surface area (Å²) in [7, 11) is 0. The molecule has 3 nitrogen and oxygen atoms in total. The van der Waals surface area contributed by atoms with Crippen molar-refractivity contribution in [1.82, 2.24) is 9.97 Å². The first kappa shape index (κ1) is 16.3. The molecule has 0 amide bonds. The minimum Gasteiger partial charge on any atom is -0.326 e. The molecule has 0 aliphatic heterocycles. The van der Waals surface area contributed by atoms with E-state index in [2.05, 4.69) is 9.97 Å². The van der Waals surface area contributed by atoms with Crippen LogP contribution in [0.5, 0.6) is 0 Å². The van der Waals surface area contributed by atoms with E-state index < -0.39 is 17.8 Å². The third kappa shape index (κ3) is 3.64. The summed E-state index contributed by atoms with van der Waals surface area (Å²) in [4.78, 5) is 6.89. The van der Waals surface area contributed by atoms with Crippen molar-refractivity contribution in [3.63, 3.8) is 0 Å². The number of hydrogen-bond acceptors (Lipinski definition) is 3. The smallest absolute Gasteiger partial charge is 0.326 e. The highest BCUT2D eigenvalue weighted by molar-refractivity contribution is 5.85. The minimum atomic E-state index is -4.50. The van der Waals surface area contributed by atoms with Crippen LogP contribution in [0, 0.1) is 5.95 Å². The number of nitrogens with two attached hydrogens (primary N) is 1. The predicted molar refractivity (Wildman–Crippen MR) is 67.6 cm³/mol. The summed E-state index contributed by atoms with van der Waals surface area (Å²) < 4.78 is 50.3. The van der Waals surface area contributed by atoms with Gasteiger partial charge in [-0.05, 0) is 29.8 Å². The standard InChI is InChI=1S/C12H9F4N3.ClH/c13-11-4-7(5-17)3-9(19-11)8-1-2-10(18-6-8)12(14,15)16;/h1-4,6H,5,17H2;1H. The van der Waals surface area contributed by atoms with Gasteiger partial charge in [0.1, 0.15) is 5.69 Å². The van der Waals surface area contributed by atoms with Gasteiger partial charge in [0.15, 0.2) is 0 Å². The lowest BCUT2D eigenvalue weighted by Crippen LogP contribution is -2.07. The Kier molecular flexibility index (Phi) is 5.02. The lowest BCUT2D eigenvalue weighted by atomic mass is 10.1. The van der Waals surface area contributed by atoms with E-state index in [1.807, 2.05) is 0 Å². The molecule has 0 unspecified atom stereocenters. The minimum absolute atomic E-state index is 0. The quantitative estimate of drug-likeness (QED) is 0.685. The fraction of sp³-hybridized carbons (Fsp3) is 0.167. The Morgan fingerprint density at radius 2 is 1.85 bits per heavy atom. The maximum absolute atomic E-state index is 13.2. The van der Waals surface area contributed by atoms with Gasteiger partial charge in [0.2, 0.25) is 5.95 Å². The van der Waals surface area contributed by atoms with E-state index in [9.17, 15) is 17.6 Å². The zero-order chi connectivity index (χ0) is 14.0. The molecule has 0 atom stereocenters. The van der Waals surface area contributed by atoms with E-state index in [1.165, 1.54) is 18.2 Å². The lowest BCUT2D eigenvalue weighted by molar-refractivity contribution is -0.141. The third-order valence-electron chi connectivity index (χ3n) is 2.44. The summed E-state index contributed by atoms with van der Waals surface area (Å²) in [5.41, 5.74) is 5.37. The fourth-order valence-corrected chi connectivity index (χ4v) is 1.53. The van der Waals surface area contributed by atoms with Crippen molar-refractivity contribution < 1.29 is 17.6 Å². The molecule has 108 valence electrons. The number of pyridine rings is 2. The number of nitrogens with zero attached hydrogens (tertiary/aromatic N) is 2. The van der Waals surface area contributed by atoms with Gasteiger partial charge in [-0.15, -0.1) is 12.4 Å². The van der Waals surface area contributed by atoms with Gasteiger partial charge in [-0.1, -0.05) is 0 Å². The molecule has 0 bridgehead atoms. The molecule has 2 aromatic rings. The Morgan fingerprint density at radius 3 is 2.35 bits per heavy atom. The molecule has 2 aromatic heterocycles. The largest absolute Gasteiger partial charge is 0.433 e. The molecule has 2 heterocycles. The Bertz CT molecular complexity index is 584. The van der Waals surface area contributed by atoms with Crippen LogP contribution < -0.4 is 5.73 Å². The molecule has 0 saturated heterocycles. The molecule has 2 rings (SSSR count). The van der Waals surface area contributed by atoms with E-state index in [0.717, 1.165) is 12.3 Å². The van der Waals surface area contributed by atoms with Crippen LogP contribution in [0.1, 0.15) is 11.3 Å². The highest BCUT2D eigenvalue weighted by Gasteiger charge is 2.32. The summed E-state index contributed by atoms with van der Waals surface area (Å²) >= 11 is 0. The van der Waals surface area contributed by atoms with Crippen LogP contribution in [0.3, 0.4) is 0 Å². The van der Waals surface area contributed by atoms with Crippen molar-refractivity contribution in [2.75, 3.05) is 0 Å². The first-order valence-corrected chi connectivity index (χ1v) is 5.30. The number of halogens is 5. The molecule has 8 heteroatoms. The second kappa shape index (κ2) is 6.15. The Morgan fingerprint density at radius 1 is 1.15 bits per heavy atom. The number of rotatable bonds is 2. The second-order valence-corrected chi connectivity index (χ2v) is 3.82. The van der Waals surface area contributed by atoms with Crippen molar-refractivity contribution >= 4 is 12.4 Å². The zero-order valence-corrected chi connectivity index (χ0v) is 10.8. The molecule has 2 N–H and O–H groups in total. The summed E-state index contributed by atoms with van der Waals surface area (Å²) in [5.74, 6) is -0.738. The van der Waals surface area contributed by atoms with Gasteiger partial charge < -0.3 is 5.73 Å². The molecule has 0 aliphatic carbocycles. The van der Waals surface area contributed by atoms with Crippen LogP contribution in [0.4, 0.5) is 17.6 Å². The van der Waals surface area contributed by atoms with Crippen molar-refractivity contribution in [3.05, 3.63) is 47.7 Å². The van der Waals surface area contributed by atoms with Gasteiger partial charge in [-0.2, -0.15) is 17.6 Å². The molecule has 0 saturated carbocycles. The maximum atomic E-state index is 13.2. The highest BCUT2D eigenvalue weighted by atomic mass is 35.5.